The number of nitrogens with zero attached hydrogens (tertiary/aromatic N) is 1. The minimum absolute atomic E-state index is 0.192. The maximum Gasteiger partial charge on any atom is 0.265 e. The van der Waals surface area contributed by atoms with Crippen molar-refractivity contribution in [2.45, 2.75) is 13.2 Å². The Bertz CT molecular complexity index is 1670. The summed E-state index contributed by atoms with van der Waals surface area (Å²) in [5.74, 6) is 1.36. The average molecular weight is 499 g/mol. The second kappa shape index (κ2) is 9.05. The van der Waals surface area contributed by atoms with Crippen LogP contribution in [0.4, 0.5) is 0 Å². The number of thiophene rings is 1. The number of hydrogen-bond acceptors (Lipinski definition) is 6. The summed E-state index contributed by atoms with van der Waals surface area (Å²) in [6, 6.07) is 22.9. The largest absolute Gasteiger partial charge is 0.486 e. The summed E-state index contributed by atoms with van der Waals surface area (Å²) in [6.07, 6.45) is 0. The molecule has 0 radical (unpaired) electrons. The molecule has 1 N–H and O–H groups in total. The maximum atomic E-state index is 13.4. The van der Waals surface area contributed by atoms with Crippen molar-refractivity contribution in [3.05, 3.63) is 99.2 Å². The maximum absolute atomic E-state index is 13.4. The molecule has 1 aliphatic rings. The highest BCUT2D eigenvalue weighted by Crippen LogP contribution is 2.40. The Kier molecular flexibility index (Phi) is 5.58. The molecule has 0 fully saturated rings. The van der Waals surface area contributed by atoms with Gasteiger partial charge < -0.3 is 24.1 Å². The highest BCUT2D eigenvalue weighted by atomic mass is 32.1. The lowest BCUT2D eigenvalue weighted by Crippen LogP contribution is -2.23. The van der Waals surface area contributed by atoms with Gasteiger partial charge in [0.05, 0.1) is 10.2 Å². The zero-order chi connectivity index (χ0) is 24.6. The summed E-state index contributed by atoms with van der Waals surface area (Å²) >= 11 is 1.28. The van der Waals surface area contributed by atoms with Gasteiger partial charge in [0.15, 0.2) is 17.2 Å². The molecule has 0 spiro atoms. The van der Waals surface area contributed by atoms with Crippen molar-refractivity contribution in [1.82, 2.24) is 9.88 Å². The SMILES string of the molecule is Cn1c(=O)c2c(OCc3ccccc3)c(C(=O)NCc3ccc4c(c3)OCO4)sc2c2ccccc21. The molecule has 0 saturated carbocycles. The number of pyridine rings is 1. The summed E-state index contributed by atoms with van der Waals surface area (Å²) in [5.41, 5.74) is 2.43. The van der Waals surface area contributed by atoms with E-state index in [-0.39, 0.29) is 24.9 Å². The highest BCUT2D eigenvalue weighted by molar-refractivity contribution is 7.22. The second-order valence-corrected chi connectivity index (χ2v) is 9.51. The lowest BCUT2D eigenvalue weighted by atomic mass is 10.1. The van der Waals surface area contributed by atoms with E-state index in [4.69, 9.17) is 14.2 Å². The minimum Gasteiger partial charge on any atom is -0.486 e. The zero-order valence-electron chi connectivity index (χ0n) is 19.4. The van der Waals surface area contributed by atoms with E-state index in [2.05, 4.69) is 5.32 Å². The zero-order valence-corrected chi connectivity index (χ0v) is 20.3. The van der Waals surface area contributed by atoms with E-state index in [0.717, 1.165) is 26.7 Å². The van der Waals surface area contributed by atoms with E-state index in [1.807, 2.05) is 72.8 Å². The summed E-state index contributed by atoms with van der Waals surface area (Å²) in [6.45, 7) is 0.726. The van der Waals surface area contributed by atoms with Gasteiger partial charge in [-0.1, -0.05) is 54.6 Å². The number of nitrogens with one attached hydrogen (secondary N) is 1. The van der Waals surface area contributed by atoms with Crippen LogP contribution in [-0.2, 0) is 20.2 Å². The number of ether oxygens (including phenoxy) is 3. The van der Waals surface area contributed by atoms with Crippen molar-refractivity contribution in [1.29, 1.82) is 0 Å². The predicted molar refractivity (Wildman–Crippen MR) is 139 cm³/mol. The van der Waals surface area contributed by atoms with Gasteiger partial charge in [-0.25, -0.2) is 0 Å². The van der Waals surface area contributed by atoms with Gasteiger partial charge in [-0.3, -0.25) is 9.59 Å². The Morgan fingerprint density at radius 2 is 1.78 bits per heavy atom. The van der Waals surface area contributed by atoms with Gasteiger partial charge in [0.2, 0.25) is 6.79 Å². The van der Waals surface area contributed by atoms with Gasteiger partial charge in [0, 0.05) is 19.0 Å². The minimum atomic E-state index is -0.303. The van der Waals surface area contributed by atoms with Crippen LogP contribution in [0, 0.1) is 0 Å². The first-order valence-electron chi connectivity index (χ1n) is 11.5. The van der Waals surface area contributed by atoms with E-state index in [1.165, 1.54) is 11.3 Å². The third-order valence-electron chi connectivity index (χ3n) is 6.22. The van der Waals surface area contributed by atoms with E-state index in [9.17, 15) is 9.59 Å². The Hall–Kier alpha value is -4.30. The number of rotatable bonds is 6. The Balaban J connectivity index is 1.40. The van der Waals surface area contributed by atoms with Gasteiger partial charge in [-0.15, -0.1) is 11.3 Å². The van der Waals surface area contributed by atoms with Crippen molar-refractivity contribution < 1.29 is 19.0 Å². The number of para-hydroxylation sites is 1. The molecule has 8 heteroatoms. The number of fused-ring (bicyclic) bond motifs is 4. The van der Waals surface area contributed by atoms with Crippen molar-refractivity contribution in [3.8, 4) is 17.2 Å². The quantitative estimate of drug-likeness (QED) is 0.357. The second-order valence-electron chi connectivity index (χ2n) is 8.49. The highest BCUT2D eigenvalue weighted by Gasteiger charge is 2.25. The van der Waals surface area contributed by atoms with Crippen LogP contribution in [0.5, 0.6) is 17.2 Å². The third kappa shape index (κ3) is 3.85. The molecule has 0 bridgehead atoms. The van der Waals surface area contributed by atoms with Crippen LogP contribution < -0.4 is 25.1 Å². The van der Waals surface area contributed by atoms with Gasteiger partial charge in [0.25, 0.3) is 11.5 Å². The van der Waals surface area contributed by atoms with E-state index >= 15 is 0 Å². The average Bonchev–Trinajstić information content (AvgIpc) is 3.54. The number of hydrogen-bond donors (Lipinski definition) is 1. The first-order chi connectivity index (χ1) is 17.6. The van der Waals surface area contributed by atoms with Crippen molar-refractivity contribution >= 4 is 38.2 Å². The number of benzene rings is 3. The van der Waals surface area contributed by atoms with Gasteiger partial charge in [0.1, 0.15) is 16.9 Å². The van der Waals surface area contributed by atoms with Crippen molar-refractivity contribution in [2.24, 2.45) is 7.05 Å². The molecular formula is C28H22N2O5S. The monoisotopic (exact) mass is 498 g/mol. The van der Waals surface area contributed by atoms with Crippen LogP contribution in [0.1, 0.15) is 20.8 Å². The fourth-order valence-electron chi connectivity index (χ4n) is 4.37. The molecule has 0 aliphatic carbocycles. The van der Waals surface area contributed by atoms with E-state index in [0.29, 0.717) is 34.1 Å². The molecule has 0 atom stereocenters. The Labute approximate surface area is 210 Å². The number of carbonyl (C=O) groups excluding carboxylic acids is 1. The van der Waals surface area contributed by atoms with Crippen LogP contribution >= 0.6 is 11.3 Å². The molecule has 180 valence electrons. The van der Waals surface area contributed by atoms with Crippen molar-refractivity contribution in [2.75, 3.05) is 6.79 Å². The predicted octanol–water partition coefficient (Wildman–Crippen LogP) is 4.99. The molecule has 3 heterocycles. The summed E-state index contributed by atoms with van der Waals surface area (Å²) in [7, 11) is 1.74. The fourth-order valence-corrected chi connectivity index (χ4v) is 5.55. The lowest BCUT2D eigenvalue weighted by molar-refractivity contribution is 0.0951. The van der Waals surface area contributed by atoms with Crippen LogP contribution in [0.2, 0.25) is 0 Å². The number of aromatic nitrogens is 1. The summed E-state index contributed by atoms with van der Waals surface area (Å²) in [4.78, 5) is 27.2. The van der Waals surface area contributed by atoms with E-state index in [1.54, 1.807) is 11.6 Å². The molecule has 0 unspecified atom stereocenters. The molecule has 36 heavy (non-hydrogen) atoms. The standard InChI is InChI=1S/C28H22N2O5S/c1-30-20-10-6-5-9-19(20)25-23(28(30)32)24(33-15-17-7-3-2-4-8-17)26(36-25)27(31)29-14-18-11-12-21-22(13-18)35-16-34-21/h2-13H,14-16H2,1H3,(H,29,31). The van der Waals surface area contributed by atoms with Crippen molar-refractivity contribution in [3.63, 3.8) is 0 Å². The molecule has 3 aromatic carbocycles. The van der Waals surface area contributed by atoms with Crippen LogP contribution in [0.15, 0.2) is 77.6 Å². The first kappa shape index (κ1) is 22.2. The molecule has 7 nitrogen and oxygen atoms in total. The normalized spacial score (nSPS) is 12.2. The van der Waals surface area contributed by atoms with Crippen LogP contribution in [0.3, 0.4) is 0 Å². The summed E-state index contributed by atoms with van der Waals surface area (Å²) in [5, 5.41) is 4.30. The first-order valence-corrected chi connectivity index (χ1v) is 12.3. The molecule has 0 saturated heterocycles. The number of carbonyl (C=O) groups is 1. The smallest absolute Gasteiger partial charge is 0.265 e. The van der Waals surface area contributed by atoms with Crippen LogP contribution in [0.25, 0.3) is 21.0 Å². The fraction of sp³-hybridized carbons (Fsp3) is 0.143. The topological polar surface area (TPSA) is 78.8 Å². The number of aryl methyl sites for hydroxylation is 1. The van der Waals surface area contributed by atoms with Crippen LogP contribution in [-0.4, -0.2) is 17.3 Å². The molecular weight excluding hydrogens is 476 g/mol. The number of amides is 1. The van der Waals surface area contributed by atoms with Gasteiger partial charge in [-0.05, 0) is 29.3 Å². The van der Waals surface area contributed by atoms with E-state index < -0.39 is 0 Å². The Morgan fingerprint density at radius 3 is 2.64 bits per heavy atom. The molecule has 6 rings (SSSR count). The lowest BCUT2D eigenvalue weighted by Gasteiger charge is -2.10. The summed E-state index contributed by atoms with van der Waals surface area (Å²) < 4.78 is 19.3. The molecule has 1 amide bonds. The molecule has 5 aromatic rings. The Morgan fingerprint density at radius 1 is 1.00 bits per heavy atom. The molecule has 1 aliphatic heterocycles. The molecule has 2 aromatic heterocycles. The third-order valence-corrected chi connectivity index (χ3v) is 7.42. The van der Waals surface area contributed by atoms with Gasteiger partial charge in [-0.2, -0.15) is 0 Å². The van der Waals surface area contributed by atoms with Gasteiger partial charge >= 0.3 is 0 Å².